The number of alkyl halides is 3. The molecule has 1 saturated carbocycles. The maximum atomic E-state index is 12.6. The SMILES string of the molecule is O=C(Nc1ccc(Cl)c(C(F)(F)F)c1)C1CCC1. The van der Waals surface area contributed by atoms with Gasteiger partial charge in [-0.3, -0.25) is 4.79 Å². The molecule has 0 bridgehead atoms. The zero-order valence-corrected chi connectivity index (χ0v) is 10.1. The predicted octanol–water partition coefficient (Wildman–Crippen LogP) is 4.10. The lowest BCUT2D eigenvalue weighted by atomic mass is 9.85. The van der Waals surface area contributed by atoms with E-state index in [0.29, 0.717) is 0 Å². The highest BCUT2D eigenvalue weighted by Gasteiger charge is 2.33. The highest BCUT2D eigenvalue weighted by atomic mass is 35.5. The number of amides is 1. The van der Waals surface area contributed by atoms with E-state index in [1.807, 2.05) is 0 Å². The maximum absolute atomic E-state index is 12.6. The van der Waals surface area contributed by atoms with Crippen LogP contribution in [0, 0.1) is 5.92 Å². The topological polar surface area (TPSA) is 29.1 Å². The van der Waals surface area contributed by atoms with Crippen LogP contribution in [0.15, 0.2) is 18.2 Å². The Morgan fingerprint density at radius 1 is 1.33 bits per heavy atom. The summed E-state index contributed by atoms with van der Waals surface area (Å²) in [7, 11) is 0. The first-order valence-corrected chi connectivity index (χ1v) is 5.93. The van der Waals surface area contributed by atoms with Gasteiger partial charge in [0.1, 0.15) is 0 Å². The van der Waals surface area contributed by atoms with Crippen LogP contribution < -0.4 is 5.32 Å². The first-order valence-electron chi connectivity index (χ1n) is 5.55. The van der Waals surface area contributed by atoms with E-state index < -0.39 is 11.7 Å². The molecule has 0 radical (unpaired) electrons. The van der Waals surface area contributed by atoms with E-state index >= 15 is 0 Å². The van der Waals surface area contributed by atoms with Crippen molar-refractivity contribution in [3.8, 4) is 0 Å². The molecule has 2 nitrogen and oxygen atoms in total. The van der Waals surface area contributed by atoms with E-state index in [2.05, 4.69) is 5.32 Å². The summed E-state index contributed by atoms with van der Waals surface area (Å²) in [4.78, 5) is 11.6. The number of anilines is 1. The van der Waals surface area contributed by atoms with Crippen molar-refractivity contribution < 1.29 is 18.0 Å². The number of rotatable bonds is 2. The third-order valence-electron chi connectivity index (χ3n) is 3.02. The van der Waals surface area contributed by atoms with E-state index in [1.54, 1.807) is 0 Å². The molecule has 2 rings (SSSR count). The van der Waals surface area contributed by atoms with Crippen molar-refractivity contribution >= 4 is 23.2 Å². The van der Waals surface area contributed by atoms with Gasteiger partial charge in [-0.25, -0.2) is 0 Å². The van der Waals surface area contributed by atoms with Crippen molar-refractivity contribution in [1.82, 2.24) is 0 Å². The first-order chi connectivity index (χ1) is 8.38. The summed E-state index contributed by atoms with van der Waals surface area (Å²) in [5.41, 5.74) is -0.806. The van der Waals surface area contributed by atoms with Crippen molar-refractivity contribution in [3.05, 3.63) is 28.8 Å². The first kappa shape index (κ1) is 13.2. The van der Waals surface area contributed by atoms with Crippen LogP contribution in [-0.2, 0) is 11.0 Å². The summed E-state index contributed by atoms with van der Waals surface area (Å²) in [6.45, 7) is 0. The third kappa shape index (κ3) is 2.77. The van der Waals surface area contributed by atoms with Crippen LogP contribution in [-0.4, -0.2) is 5.91 Å². The monoisotopic (exact) mass is 277 g/mol. The zero-order chi connectivity index (χ0) is 13.3. The van der Waals surface area contributed by atoms with Gasteiger partial charge in [-0.15, -0.1) is 0 Å². The number of hydrogen-bond acceptors (Lipinski definition) is 1. The molecule has 98 valence electrons. The Balaban J connectivity index is 2.16. The lowest BCUT2D eigenvalue weighted by Gasteiger charge is -2.24. The lowest BCUT2D eigenvalue weighted by molar-refractivity contribution is -0.137. The smallest absolute Gasteiger partial charge is 0.326 e. The minimum Gasteiger partial charge on any atom is -0.326 e. The Labute approximate surface area is 107 Å². The summed E-state index contributed by atoms with van der Waals surface area (Å²) in [6.07, 6.45) is -1.93. The second-order valence-corrected chi connectivity index (χ2v) is 4.72. The molecule has 1 N–H and O–H groups in total. The molecule has 18 heavy (non-hydrogen) atoms. The molecule has 0 spiro atoms. The van der Waals surface area contributed by atoms with Gasteiger partial charge in [0.15, 0.2) is 0 Å². The van der Waals surface area contributed by atoms with Crippen molar-refractivity contribution in [1.29, 1.82) is 0 Å². The molecule has 0 atom stereocenters. The fraction of sp³-hybridized carbons (Fsp3) is 0.417. The third-order valence-corrected chi connectivity index (χ3v) is 3.34. The fourth-order valence-electron chi connectivity index (χ4n) is 1.74. The van der Waals surface area contributed by atoms with Crippen molar-refractivity contribution in [2.45, 2.75) is 25.4 Å². The van der Waals surface area contributed by atoms with Gasteiger partial charge in [0.05, 0.1) is 10.6 Å². The molecule has 1 aliphatic carbocycles. The van der Waals surface area contributed by atoms with E-state index in [4.69, 9.17) is 11.6 Å². The van der Waals surface area contributed by atoms with E-state index in [9.17, 15) is 18.0 Å². The number of nitrogens with one attached hydrogen (secondary N) is 1. The van der Waals surface area contributed by atoms with Gasteiger partial charge >= 0.3 is 6.18 Å². The Morgan fingerprint density at radius 3 is 2.50 bits per heavy atom. The standard InChI is InChI=1S/C12H11ClF3NO/c13-10-5-4-8(6-9(10)12(14,15)16)17-11(18)7-2-1-3-7/h4-7H,1-3H2,(H,17,18). The number of carbonyl (C=O) groups is 1. The fourth-order valence-corrected chi connectivity index (χ4v) is 1.96. The maximum Gasteiger partial charge on any atom is 0.417 e. The summed E-state index contributed by atoms with van der Waals surface area (Å²) >= 11 is 5.49. The summed E-state index contributed by atoms with van der Waals surface area (Å²) in [5.74, 6) is -0.299. The van der Waals surface area contributed by atoms with Gasteiger partial charge in [-0.1, -0.05) is 18.0 Å². The average Bonchev–Trinajstić information content (AvgIpc) is 2.16. The van der Waals surface area contributed by atoms with Crippen molar-refractivity contribution in [2.24, 2.45) is 5.92 Å². The predicted molar refractivity (Wildman–Crippen MR) is 62.4 cm³/mol. The van der Waals surface area contributed by atoms with Crippen LogP contribution in [0.1, 0.15) is 24.8 Å². The van der Waals surface area contributed by atoms with E-state index in [-0.39, 0.29) is 22.5 Å². The quantitative estimate of drug-likeness (QED) is 0.866. The molecule has 1 aromatic carbocycles. The highest BCUT2D eigenvalue weighted by Crippen LogP contribution is 2.36. The number of halogens is 4. The second kappa shape index (κ2) is 4.80. The van der Waals surface area contributed by atoms with E-state index in [0.717, 1.165) is 31.4 Å². The normalized spacial score (nSPS) is 16.2. The molecule has 0 aliphatic heterocycles. The molecule has 1 aromatic rings. The van der Waals surface area contributed by atoms with Crippen molar-refractivity contribution in [3.63, 3.8) is 0 Å². The van der Waals surface area contributed by atoms with Gasteiger partial charge in [0, 0.05) is 11.6 Å². The summed E-state index contributed by atoms with van der Waals surface area (Å²) in [6, 6.07) is 3.37. The van der Waals surface area contributed by atoms with Gasteiger partial charge in [-0.2, -0.15) is 13.2 Å². The largest absolute Gasteiger partial charge is 0.417 e. The Bertz CT molecular complexity index is 469. The molecule has 0 aromatic heterocycles. The summed E-state index contributed by atoms with van der Waals surface area (Å²) < 4.78 is 37.8. The Kier molecular flexibility index (Phi) is 3.52. The molecule has 1 amide bonds. The van der Waals surface area contributed by atoms with Gasteiger partial charge in [-0.05, 0) is 31.0 Å². The minimum absolute atomic E-state index is 0.0741. The van der Waals surface area contributed by atoms with Crippen LogP contribution in [0.4, 0.5) is 18.9 Å². The zero-order valence-electron chi connectivity index (χ0n) is 9.35. The summed E-state index contributed by atoms with van der Waals surface area (Å²) in [5, 5.41) is 2.11. The molecule has 0 heterocycles. The Morgan fingerprint density at radius 2 is 2.00 bits per heavy atom. The lowest BCUT2D eigenvalue weighted by Crippen LogP contribution is -2.28. The van der Waals surface area contributed by atoms with Crippen LogP contribution in [0.5, 0.6) is 0 Å². The van der Waals surface area contributed by atoms with Crippen LogP contribution in [0.2, 0.25) is 5.02 Å². The number of hydrogen-bond donors (Lipinski definition) is 1. The van der Waals surface area contributed by atoms with Crippen molar-refractivity contribution in [2.75, 3.05) is 5.32 Å². The van der Waals surface area contributed by atoms with Gasteiger partial charge in [0.2, 0.25) is 5.91 Å². The van der Waals surface area contributed by atoms with Crippen LogP contribution in [0.25, 0.3) is 0 Å². The second-order valence-electron chi connectivity index (χ2n) is 4.31. The number of benzene rings is 1. The van der Waals surface area contributed by atoms with Gasteiger partial charge in [0.25, 0.3) is 0 Å². The molecule has 1 aliphatic rings. The molecular weight excluding hydrogens is 267 g/mol. The van der Waals surface area contributed by atoms with Crippen LogP contribution >= 0.6 is 11.6 Å². The van der Waals surface area contributed by atoms with Gasteiger partial charge < -0.3 is 5.32 Å². The molecular formula is C12H11ClF3NO. The molecule has 1 fully saturated rings. The molecule has 0 unspecified atom stereocenters. The van der Waals surface area contributed by atoms with Crippen LogP contribution in [0.3, 0.4) is 0 Å². The molecule has 6 heteroatoms. The average molecular weight is 278 g/mol. The number of carbonyl (C=O) groups excluding carboxylic acids is 1. The minimum atomic E-state index is -4.52. The Hall–Kier alpha value is -1.23. The van der Waals surface area contributed by atoms with E-state index in [1.165, 1.54) is 6.07 Å². The highest BCUT2D eigenvalue weighted by molar-refractivity contribution is 6.31. The molecule has 0 saturated heterocycles.